The molecule has 3 aliphatic rings. The fourth-order valence-corrected chi connectivity index (χ4v) is 11.6. The molecule has 0 amide bonds. The minimum absolute atomic E-state index is 0.0125. The van der Waals surface area contributed by atoms with Gasteiger partial charge in [0.05, 0.1) is 40.8 Å². The predicted molar refractivity (Wildman–Crippen MR) is 236 cm³/mol. The number of pyridine rings is 1. The van der Waals surface area contributed by atoms with Gasteiger partial charge >= 0.3 is 0 Å². The Morgan fingerprint density at radius 3 is 2.52 bits per heavy atom. The number of aliphatic hydroxyl groups is 2. The van der Waals surface area contributed by atoms with E-state index in [0.29, 0.717) is 53.8 Å². The third kappa shape index (κ3) is 8.86. The number of hydrogen-bond donors (Lipinski definition) is 2. The van der Waals surface area contributed by atoms with E-state index in [1.807, 2.05) is 32.0 Å². The molecular formula is C47H56N4O10S. The fraction of sp³-hybridized carbons (Fsp3) is 0.447. The van der Waals surface area contributed by atoms with Gasteiger partial charge in [-0.25, -0.2) is 8.42 Å². The largest absolute Gasteiger partial charge is 0.460 e. The summed E-state index contributed by atoms with van der Waals surface area (Å²) in [5.74, 6) is -1.48. The first-order valence-electron chi connectivity index (χ1n) is 21.6. The molecule has 2 heterocycles. The Morgan fingerprint density at radius 2 is 1.77 bits per heavy atom. The van der Waals surface area contributed by atoms with Crippen LogP contribution in [0.4, 0.5) is 5.69 Å². The quantitative estimate of drug-likeness (QED) is 0.0354. The van der Waals surface area contributed by atoms with E-state index in [0.717, 1.165) is 30.4 Å². The molecule has 62 heavy (non-hydrogen) atoms. The molecule has 1 aromatic heterocycles. The monoisotopic (exact) mass is 868 g/mol. The molecule has 14 nitrogen and oxygen atoms in total. The van der Waals surface area contributed by atoms with E-state index < -0.39 is 32.7 Å². The van der Waals surface area contributed by atoms with Crippen LogP contribution in [-0.2, 0) is 19.6 Å². The Kier molecular flexibility index (Phi) is 14.4. The van der Waals surface area contributed by atoms with Crippen molar-refractivity contribution in [2.24, 2.45) is 22.9 Å². The first-order valence-corrected chi connectivity index (χ1v) is 23.0. The lowest BCUT2D eigenvalue weighted by Crippen LogP contribution is -2.70. The number of para-hydroxylation sites is 1. The normalized spacial score (nSPS) is 23.6. The van der Waals surface area contributed by atoms with Crippen LogP contribution in [0.25, 0.3) is 10.9 Å². The number of allylic oxidation sites excluding steroid dienone is 1. The van der Waals surface area contributed by atoms with Gasteiger partial charge in [-0.3, -0.25) is 15.1 Å². The maximum absolute atomic E-state index is 15.4. The molecule has 0 saturated heterocycles. The lowest BCUT2D eigenvalue weighted by atomic mass is 9.55. The molecule has 1 fully saturated rings. The molecule has 0 spiro atoms. The highest BCUT2D eigenvalue weighted by Crippen LogP contribution is 2.62. The Morgan fingerprint density at radius 1 is 1.02 bits per heavy atom. The lowest BCUT2D eigenvalue weighted by Gasteiger charge is -2.59. The van der Waals surface area contributed by atoms with E-state index in [1.165, 1.54) is 16.4 Å². The summed E-state index contributed by atoms with van der Waals surface area (Å²) in [4.78, 5) is 21.6. The van der Waals surface area contributed by atoms with Gasteiger partial charge in [0.25, 0.3) is 5.69 Å². The molecule has 330 valence electrons. The Labute approximate surface area is 363 Å². The summed E-state index contributed by atoms with van der Waals surface area (Å²) in [5, 5.41) is 36.9. The number of nitro groups is 1. The molecule has 1 aliphatic heterocycles. The molecular weight excluding hydrogens is 813 g/mol. The molecule has 2 N–H and O–H groups in total. The van der Waals surface area contributed by atoms with Crippen LogP contribution in [-0.4, -0.2) is 83.4 Å². The molecule has 15 heteroatoms. The van der Waals surface area contributed by atoms with Crippen LogP contribution < -0.4 is 9.47 Å². The summed E-state index contributed by atoms with van der Waals surface area (Å²) < 4.78 is 53.0. The van der Waals surface area contributed by atoms with E-state index in [1.54, 1.807) is 54.7 Å². The Hall–Kier alpha value is -5.19. The molecule has 0 radical (unpaired) electrons. The van der Waals surface area contributed by atoms with Crippen molar-refractivity contribution >= 4 is 32.3 Å². The number of aromatic nitrogens is 1. The summed E-state index contributed by atoms with van der Waals surface area (Å²) in [6.45, 7) is 8.32. The number of hydrogen-bond acceptors (Lipinski definition) is 12. The minimum Gasteiger partial charge on any atom is -0.460 e. The smallest absolute Gasteiger partial charge is 0.273 e. The molecule has 1 saturated carbocycles. The highest BCUT2D eigenvalue weighted by atomic mass is 32.2. The molecule has 3 aromatic carbocycles. The third-order valence-corrected chi connectivity index (χ3v) is 14.1. The number of fused-ring (bicyclic) bond motifs is 3. The second-order valence-corrected chi connectivity index (χ2v) is 17.9. The number of unbranched alkanes of at least 4 members (excludes halogenated alkanes) is 2. The van der Waals surface area contributed by atoms with Crippen molar-refractivity contribution in [2.75, 3.05) is 33.0 Å². The van der Waals surface area contributed by atoms with E-state index in [4.69, 9.17) is 24.2 Å². The Balaban J connectivity index is 1.48. The highest BCUT2D eigenvalue weighted by molar-refractivity contribution is 7.89. The maximum atomic E-state index is 15.4. The number of oxime groups is 1. The number of non-ortho nitro benzene ring substituents is 1. The lowest BCUT2D eigenvalue weighted by molar-refractivity contribution is -0.384. The van der Waals surface area contributed by atoms with Crippen molar-refractivity contribution < 1.29 is 42.6 Å². The van der Waals surface area contributed by atoms with Gasteiger partial charge in [-0.2, -0.15) is 4.31 Å². The van der Waals surface area contributed by atoms with Gasteiger partial charge in [0.1, 0.15) is 28.8 Å². The summed E-state index contributed by atoms with van der Waals surface area (Å²) in [6, 6.07) is 19.2. The van der Waals surface area contributed by atoms with Gasteiger partial charge in [-0.05, 0) is 92.8 Å². The minimum atomic E-state index is -4.31. The number of nitro benzene ring substituents is 1. The molecule has 4 aromatic rings. The van der Waals surface area contributed by atoms with Gasteiger partial charge in [-0.1, -0.05) is 61.3 Å². The number of nitrogens with zero attached hydrogens (tertiary/aromatic N) is 4. The average molecular weight is 869 g/mol. The van der Waals surface area contributed by atoms with Gasteiger partial charge in [-0.15, -0.1) is 6.58 Å². The molecule has 6 atom stereocenters. The first kappa shape index (κ1) is 44.9. The number of sulfonamides is 1. The van der Waals surface area contributed by atoms with Crippen molar-refractivity contribution in [1.82, 2.24) is 9.29 Å². The summed E-state index contributed by atoms with van der Waals surface area (Å²) >= 11 is 0. The third-order valence-electron chi connectivity index (χ3n) is 12.2. The van der Waals surface area contributed by atoms with Crippen LogP contribution in [0.2, 0.25) is 0 Å². The number of aliphatic hydroxyl groups excluding tert-OH is 2. The van der Waals surface area contributed by atoms with Gasteiger partial charge in [0, 0.05) is 55.3 Å². The molecule has 6 unspecified atom stereocenters. The Bertz CT molecular complexity index is 2400. The van der Waals surface area contributed by atoms with Crippen molar-refractivity contribution in [2.45, 2.75) is 87.9 Å². The van der Waals surface area contributed by atoms with E-state index in [9.17, 15) is 20.3 Å². The maximum Gasteiger partial charge on any atom is 0.273 e. The van der Waals surface area contributed by atoms with Crippen LogP contribution in [0.5, 0.6) is 17.2 Å². The molecule has 0 bridgehead atoms. The van der Waals surface area contributed by atoms with E-state index in [2.05, 4.69) is 17.6 Å². The number of benzene rings is 3. The zero-order chi connectivity index (χ0) is 43.9. The van der Waals surface area contributed by atoms with Crippen LogP contribution in [0.1, 0.15) is 76.7 Å². The fourth-order valence-electron chi connectivity index (χ4n) is 9.70. The second kappa shape index (κ2) is 19.9. The zero-order valence-electron chi connectivity index (χ0n) is 35.3. The zero-order valence-corrected chi connectivity index (χ0v) is 36.1. The van der Waals surface area contributed by atoms with Gasteiger partial charge < -0.3 is 29.3 Å². The summed E-state index contributed by atoms with van der Waals surface area (Å²) in [7, 11) is -4.31. The van der Waals surface area contributed by atoms with Crippen molar-refractivity contribution in [1.29, 1.82) is 0 Å². The second-order valence-electron chi connectivity index (χ2n) is 16.0. The number of ether oxygens (including phenoxy) is 3. The summed E-state index contributed by atoms with van der Waals surface area (Å²) in [5.41, 5.74) is 2.49. The molecule has 2 aliphatic carbocycles. The number of rotatable bonds is 21. The topological polar surface area (TPSA) is 183 Å². The van der Waals surface area contributed by atoms with Crippen LogP contribution in [0.3, 0.4) is 0 Å². The highest BCUT2D eigenvalue weighted by Gasteiger charge is 2.66. The van der Waals surface area contributed by atoms with E-state index in [-0.39, 0.29) is 73.5 Å². The van der Waals surface area contributed by atoms with Gasteiger partial charge in [0.2, 0.25) is 15.8 Å². The standard InChI is InChI=1S/C47H56N4O10S/c1-4-24-50(62(56,57)42-20-11-15-32-16-13-23-48-46(32)42)43-31-40(49-59-6-3)38-28-33(14-7-9-25-52)37(19-8-10-26-53)44-39-30-36(60-35-18-12-17-34(29-35)51(54)55)21-22-41(39)61-47(43,45(38)44)58-27-5-2/h5,11-13,15-18,20-23,28-30,33,37,43-45,52-53H,2,4,6-10,14,19,24-27,31H2,1,3H3. The summed E-state index contributed by atoms with van der Waals surface area (Å²) in [6.07, 6.45) is 10.2. The van der Waals surface area contributed by atoms with E-state index >= 15 is 8.42 Å². The van der Waals surface area contributed by atoms with Crippen molar-refractivity contribution in [3.63, 3.8) is 0 Å². The van der Waals surface area contributed by atoms with Gasteiger partial charge in [0.15, 0.2) is 0 Å². The van der Waals surface area contributed by atoms with Crippen molar-refractivity contribution in [3.05, 3.63) is 119 Å². The predicted octanol–water partition coefficient (Wildman–Crippen LogP) is 8.69. The van der Waals surface area contributed by atoms with Crippen molar-refractivity contribution in [3.8, 4) is 17.2 Å². The van der Waals surface area contributed by atoms with Crippen LogP contribution in [0.15, 0.2) is 113 Å². The first-order chi connectivity index (χ1) is 30.1. The average Bonchev–Trinajstić information content (AvgIpc) is 3.28. The molecule has 7 rings (SSSR count). The SMILES string of the molecule is C=CCOC12Oc3ccc(Oc4cccc([N+](=O)[O-])c4)cc3C3C(CCCCO)C(CCCCO)C=C(C(=NOCC)CC1N(CCC)S(=O)(=O)c1cccc4cccnc14)C32. The van der Waals surface area contributed by atoms with Crippen LogP contribution in [0, 0.1) is 27.9 Å². The van der Waals surface area contributed by atoms with Crippen LogP contribution >= 0.6 is 0 Å².